The predicted molar refractivity (Wildman–Crippen MR) is 93.9 cm³/mol. The number of hydrogen-bond donors (Lipinski definition) is 1. The fourth-order valence-corrected chi connectivity index (χ4v) is 2.62. The molecule has 4 aromatic rings. The number of benzene rings is 2. The van der Waals surface area contributed by atoms with E-state index in [1.54, 1.807) is 31.2 Å². The molecule has 0 saturated heterocycles. The molecule has 0 aliphatic rings. The van der Waals surface area contributed by atoms with Gasteiger partial charge in [0.15, 0.2) is 5.82 Å². The molecule has 134 valence electrons. The largest absolute Gasteiger partial charge is 0.337 e. The van der Waals surface area contributed by atoms with E-state index in [-0.39, 0.29) is 5.91 Å². The highest BCUT2D eigenvalue weighted by atomic mass is 16.5. The number of carbonyl (C=O) groups excluding carboxylic acids is 1. The van der Waals surface area contributed by atoms with Crippen LogP contribution in [0.15, 0.2) is 65.4 Å². The van der Waals surface area contributed by atoms with E-state index < -0.39 is 6.04 Å². The maximum atomic E-state index is 12.8. The molecule has 0 bridgehead atoms. The Morgan fingerprint density at radius 3 is 2.52 bits per heavy atom. The molecule has 27 heavy (non-hydrogen) atoms. The lowest BCUT2D eigenvalue weighted by atomic mass is 10.1. The number of nitrogens with one attached hydrogen (secondary N) is 1. The zero-order valence-electron chi connectivity index (χ0n) is 14.4. The van der Waals surface area contributed by atoms with Crippen LogP contribution in [0.3, 0.4) is 0 Å². The number of amides is 1. The molecule has 0 spiro atoms. The molecule has 9 heteroatoms. The highest BCUT2D eigenvalue weighted by Gasteiger charge is 2.23. The smallest absolute Gasteiger partial charge is 0.253 e. The SMILES string of the molecule is Cc1noc([C@@H](NC(=O)c2ccc(-n3cnnn3)cc2)c2ccccc2)n1. The lowest BCUT2D eigenvalue weighted by Crippen LogP contribution is -2.29. The first-order valence-corrected chi connectivity index (χ1v) is 8.20. The number of carbonyl (C=O) groups is 1. The van der Waals surface area contributed by atoms with Crippen molar-refractivity contribution < 1.29 is 9.32 Å². The maximum Gasteiger partial charge on any atom is 0.253 e. The van der Waals surface area contributed by atoms with Crippen molar-refractivity contribution in [2.75, 3.05) is 0 Å². The minimum atomic E-state index is -0.543. The third-order valence-corrected chi connectivity index (χ3v) is 3.94. The summed E-state index contributed by atoms with van der Waals surface area (Å²) in [5.41, 5.74) is 2.09. The summed E-state index contributed by atoms with van der Waals surface area (Å²) in [7, 11) is 0. The van der Waals surface area contributed by atoms with E-state index in [0.717, 1.165) is 11.3 Å². The minimum Gasteiger partial charge on any atom is -0.337 e. The zero-order chi connectivity index (χ0) is 18.6. The highest BCUT2D eigenvalue weighted by Crippen LogP contribution is 2.21. The van der Waals surface area contributed by atoms with Gasteiger partial charge in [-0.1, -0.05) is 35.5 Å². The van der Waals surface area contributed by atoms with E-state index >= 15 is 0 Å². The van der Waals surface area contributed by atoms with Crippen molar-refractivity contribution >= 4 is 5.91 Å². The number of rotatable bonds is 5. The van der Waals surface area contributed by atoms with Crippen molar-refractivity contribution in [3.05, 3.63) is 83.8 Å². The standard InChI is InChI=1S/C18H15N7O2/c1-12-20-18(27-22-12)16(13-5-3-2-4-6-13)21-17(26)14-7-9-15(10-8-14)25-11-19-23-24-25/h2-11,16H,1H3,(H,21,26)/t16-/m0/s1. The Bertz CT molecular complexity index is 1030. The average Bonchev–Trinajstić information content (AvgIpc) is 3.39. The van der Waals surface area contributed by atoms with Crippen LogP contribution in [-0.4, -0.2) is 36.3 Å². The summed E-state index contributed by atoms with van der Waals surface area (Å²) >= 11 is 0. The second-order valence-corrected chi connectivity index (χ2v) is 5.80. The molecule has 2 aromatic carbocycles. The van der Waals surface area contributed by atoms with Gasteiger partial charge in [0.2, 0.25) is 0 Å². The van der Waals surface area contributed by atoms with Crippen molar-refractivity contribution in [1.29, 1.82) is 0 Å². The molecule has 0 fully saturated rings. The third-order valence-electron chi connectivity index (χ3n) is 3.94. The molecule has 2 aromatic heterocycles. The maximum absolute atomic E-state index is 12.8. The quantitative estimate of drug-likeness (QED) is 0.577. The highest BCUT2D eigenvalue weighted by molar-refractivity contribution is 5.94. The van der Waals surface area contributed by atoms with Crippen molar-refractivity contribution in [2.45, 2.75) is 13.0 Å². The number of tetrazole rings is 1. The van der Waals surface area contributed by atoms with E-state index in [9.17, 15) is 4.79 Å². The van der Waals surface area contributed by atoms with Gasteiger partial charge in [0.05, 0.1) is 5.69 Å². The summed E-state index contributed by atoms with van der Waals surface area (Å²) in [6.45, 7) is 1.73. The van der Waals surface area contributed by atoms with Gasteiger partial charge in [0.25, 0.3) is 11.8 Å². The Morgan fingerprint density at radius 2 is 1.89 bits per heavy atom. The summed E-state index contributed by atoms with van der Waals surface area (Å²) in [5, 5.41) is 17.8. The van der Waals surface area contributed by atoms with Gasteiger partial charge in [0, 0.05) is 5.56 Å². The number of aromatic nitrogens is 6. The van der Waals surface area contributed by atoms with Crippen molar-refractivity contribution in [2.24, 2.45) is 0 Å². The zero-order valence-corrected chi connectivity index (χ0v) is 14.4. The molecule has 9 nitrogen and oxygen atoms in total. The Labute approximate surface area is 154 Å². The molecule has 1 amide bonds. The molecule has 0 saturated carbocycles. The molecular weight excluding hydrogens is 346 g/mol. The molecule has 0 aliphatic carbocycles. The number of hydrogen-bond acceptors (Lipinski definition) is 7. The molecule has 0 aliphatic heterocycles. The van der Waals surface area contributed by atoms with Crippen LogP contribution in [-0.2, 0) is 0 Å². The molecule has 0 unspecified atom stereocenters. The third kappa shape index (κ3) is 3.56. The fourth-order valence-electron chi connectivity index (χ4n) is 2.62. The lowest BCUT2D eigenvalue weighted by Gasteiger charge is -2.15. The Balaban J connectivity index is 1.58. The number of nitrogens with zero attached hydrogens (tertiary/aromatic N) is 6. The van der Waals surface area contributed by atoms with Crippen LogP contribution in [0.5, 0.6) is 0 Å². The summed E-state index contributed by atoms with van der Waals surface area (Å²) in [6.07, 6.45) is 1.48. The first-order chi connectivity index (χ1) is 13.2. The van der Waals surface area contributed by atoms with Gasteiger partial charge in [-0.3, -0.25) is 4.79 Å². The van der Waals surface area contributed by atoms with Gasteiger partial charge >= 0.3 is 0 Å². The second-order valence-electron chi connectivity index (χ2n) is 5.80. The summed E-state index contributed by atoms with van der Waals surface area (Å²) in [4.78, 5) is 17.0. The summed E-state index contributed by atoms with van der Waals surface area (Å²) in [5.74, 6) is 0.575. The Kier molecular flexibility index (Phi) is 4.40. The molecule has 1 N–H and O–H groups in total. The number of aryl methyl sites for hydroxylation is 1. The van der Waals surface area contributed by atoms with Gasteiger partial charge in [-0.05, 0) is 47.2 Å². The Morgan fingerprint density at radius 1 is 1.11 bits per heavy atom. The lowest BCUT2D eigenvalue weighted by molar-refractivity contribution is 0.0936. The Hall–Kier alpha value is -3.88. The monoisotopic (exact) mass is 361 g/mol. The van der Waals surface area contributed by atoms with Crippen LogP contribution >= 0.6 is 0 Å². The fraction of sp³-hybridized carbons (Fsp3) is 0.111. The van der Waals surface area contributed by atoms with Crippen LogP contribution in [0, 0.1) is 6.92 Å². The van der Waals surface area contributed by atoms with Crippen molar-refractivity contribution in [3.63, 3.8) is 0 Å². The average molecular weight is 361 g/mol. The normalized spacial score (nSPS) is 11.9. The van der Waals surface area contributed by atoms with E-state index in [0.29, 0.717) is 17.3 Å². The van der Waals surface area contributed by atoms with Crippen LogP contribution < -0.4 is 5.32 Å². The van der Waals surface area contributed by atoms with Crippen molar-refractivity contribution in [3.8, 4) is 5.69 Å². The first kappa shape index (κ1) is 16.6. The molecule has 4 rings (SSSR count). The van der Waals surface area contributed by atoms with E-state index in [1.807, 2.05) is 30.3 Å². The van der Waals surface area contributed by atoms with E-state index in [4.69, 9.17) is 4.52 Å². The minimum absolute atomic E-state index is 0.261. The molecule has 2 heterocycles. The van der Waals surface area contributed by atoms with Gasteiger partial charge in [0.1, 0.15) is 12.4 Å². The van der Waals surface area contributed by atoms with E-state index in [2.05, 4.69) is 31.0 Å². The molecule has 1 atom stereocenters. The van der Waals surface area contributed by atoms with E-state index in [1.165, 1.54) is 11.0 Å². The molecular formula is C18H15N7O2. The van der Waals surface area contributed by atoms with Crippen LogP contribution in [0.1, 0.15) is 33.7 Å². The first-order valence-electron chi connectivity index (χ1n) is 8.20. The van der Waals surface area contributed by atoms with Crippen LogP contribution in [0.2, 0.25) is 0 Å². The second kappa shape index (κ2) is 7.16. The molecule has 0 radical (unpaired) electrons. The van der Waals surface area contributed by atoms with Gasteiger partial charge < -0.3 is 9.84 Å². The summed E-state index contributed by atoms with van der Waals surface area (Å²) in [6, 6.07) is 15.9. The topological polar surface area (TPSA) is 112 Å². The predicted octanol–water partition coefficient (Wildman–Crippen LogP) is 1.87. The summed E-state index contributed by atoms with van der Waals surface area (Å²) < 4.78 is 6.79. The van der Waals surface area contributed by atoms with Gasteiger partial charge in [-0.25, -0.2) is 4.68 Å². The van der Waals surface area contributed by atoms with Crippen molar-refractivity contribution in [1.82, 2.24) is 35.7 Å². The van der Waals surface area contributed by atoms with Crippen LogP contribution in [0.25, 0.3) is 5.69 Å². The van der Waals surface area contributed by atoms with Gasteiger partial charge in [-0.2, -0.15) is 4.98 Å². The van der Waals surface area contributed by atoms with Crippen LogP contribution in [0.4, 0.5) is 0 Å². The van der Waals surface area contributed by atoms with Gasteiger partial charge in [-0.15, -0.1) is 5.10 Å².